The van der Waals surface area contributed by atoms with Crippen LogP contribution in [0.25, 0.3) is 44.2 Å². The molecule has 0 spiro atoms. The quantitative estimate of drug-likeness (QED) is 0.443. The van der Waals surface area contributed by atoms with Crippen LogP contribution in [0, 0.1) is 0 Å². The van der Waals surface area contributed by atoms with Crippen LogP contribution in [0.3, 0.4) is 0 Å². The predicted molar refractivity (Wildman–Crippen MR) is 104 cm³/mol. The summed E-state index contributed by atoms with van der Waals surface area (Å²) in [5, 5.41) is 17.5. The van der Waals surface area contributed by atoms with E-state index < -0.39 is 11.2 Å². The Morgan fingerprint density at radius 3 is 2.71 bits per heavy atom. The molecule has 0 amide bonds. The number of hydrogen-bond acceptors (Lipinski definition) is 6. The van der Waals surface area contributed by atoms with E-state index in [-0.39, 0.29) is 5.58 Å². The molecule has 3 aromatic heterocycles. The number of fused-ring (bicyclic) bond motifs is 4. The van der Waals surface area contributed by atoms with Gasteiger partial charge in [-0.25, -0.2) is 4.98 Å². The number of benzene rings is 2. The van der Waals surface area contributed by atoms with Crippen molar-refractivity contribution >= 4 is 33.1 Å². The van der Waals surface area contributed by atoms with Crippen LogP contribution >= 0.6 is 0 Å². The van der Waals surface area contributed by atoms with Crippen LogP contribution in [0.4, 0.5) is 0 Å². The maximum atomic E-state index is 11.8. The molecule has 0 bridgehead atoms. The Morgan fingerprint density at radius 2 is 1.93 bits per heavy atom. The molecular weight excluding hydrogens is 362 g/mol. The summed E-state index contributed by atoms with van der Waals surface area (Å²) in [6.07, 6.45) is 1.77. The first-order chi connectivity index (χ1) is 13.6. The number of hydrogen-bond donors (Lipinski definition) is 3. The lowest BCUT2D eigenvalue weighted by molar-refractivity contribution is 0.395. The van der Waals surface area contributed by atoms with Gasteiger partial charge in [0, 0.05) is 28.8 Å². The Bertz CT molecular complexity index is 1430. The third-order valence-electron chi connectivity index (χ3n) is 4.83. The zero-order valence-electron chi connectivity index (χ0n) is 15.0. The second-order valence-corrected chi connectivity index (χ2v) is 6.30. The molecule has 0 fully saturated rings. The number of phenols is 1. The fourth-order valence-electron chi connectivity index (χ4n) is 3.49. The monoisotopic (exact) mass is 377 g/mol. The number of nitrogens with one attached hydrogen (secondary N) is 2. The van der Waals surface area contributed by atoms with Gasteiger partial charge in [-0.1, -0.05) is 0 Å². The Kier molecular flexibility index (Phi) is 3.35. The summed E-state index contributed by atoms with van der Waals surface area (Å²) in [5.74, 6) is 0.808. The molecule has 0 saturated carbocycles. The lowest BCUT2D eigenvalue weighted by Gasteiger charge is -2.11. The number of methoxy groups -OCH3 is 2. The minimum atomic E-state index is -0.506. The van der Waals surface area contributed by atoms with Gasteiger partial charge < -0.3 is 24.1 Å². The normalized spacial score (nSPS) is 11.5. The van der Waals surface area contributed by atoms with Crippen molar-refractivity contribution in [2.75, 3.05) is 14.2 Å². The number of rotatable bonds is 3. The molecule has 0 saturated heterocycles. The number of aromatic nitrogens is 3. The van der Waals surface area contributed by atoms with Crippen LogP contribution in [-0.2, 0) is 0 Å². The van der Waals surface area contributed by atoms with Gasteiger partial charge in [0.2, 0.25) is 11.2 Å². The number of furan rings is 1. The average molecular weight is 377 g/mol. The van der Waals surface area contributed by atoms with E-state index in [2.05, 4.69) is 15.2 Å². The van der Waals surface area contributed by atoms with Gasteiger partial charge in [0.15, 0.2) is 16.8 Å². The highest BCUT2D eigenvalue weighted by molar-refractivity contribution is 6.15. The molecule has 0 radical (unpaired) electrons. The molecule has 8 heteroatoms. The van der Waals surface area contributed by atoms with Gasteiger partial charge >= 0.3 is 0 Å². The Morgan fingerprint density at radius 1 is 1.07 bits per heavy atom. The molecule has 0 aliphatic carbocycles. The van der Waals surface area contributed by atoms with E-state index in [1.807, 2.05) is 12.1 Å². The van der Waals surface area contributed by atoms with E-state index in [1.165, 1.54) is 6.07 Å². The minimum Gasteiger partial charge on any atom is -0.502 e. The van der Waals surface area contributed by atoms with Crippen molar-refractivity contribution in [1.82, 2.24) is 15.2 Å². The van der Waals surface area contributed by atoms with Crippen LogP contribution in [0.2, 0.25) is 0 Å². The SMILES string of the molecule is COc1ccc(-c2c3c[nH][nH]c3nc3c2oc2c(O)c(=O)ccc23)c(OC)c1. The second kappa shape index (κ2) is 5.78. The average Bonchev–Trinajstić information content (AvgIpc) is 3.33. The van der Waals surface area contributed by atoms with Crippen molar-refractivity contribution in [1.29, 1.82) is 0 Å². The predicted octanol–water partition coefficient (Wildman–Crippen LogP) is 3.54. The molecule has 0 aliphatic rings. The van der Waals surface area contributed by atoms with E-state index in [4.69, 9.17) is 13.9 Å². The molecule has 3 N–H and O–H groups in total. The van der Waals surface area contributed by atoms with E-state index in [9.17, 15) is 9.90 Å². The molecule has 2 aromatic carbocycles. The highest BCUT2D eigenvalue weighted by Gasteiger charge is 2.23. The van der Waals surface area contributed by atoms with E-state index >= 15 is 0 Å². The summed E-state index contributed by atoms with van der Waals surface area (Å²) >= 11 is 0. The first kappa shape index (κ1) is 16.2. The van der Waals surface area contributed by atoms with Crippen molar-refractivity contribution in [2.45, 2.75) is 0 Å². The van der Waals surface area contributed by atoms with Crippen LogP contribution in [0.5, 0.6) is 17.2 Å². The topological polar surface area (TPSA) is 113 Å². The summed E-state index contributed by atoms with van der Waals surface area (Å²) in [6, 6.07) is 8.36. The zero-order valence-corrected chi connectivity index (χ0v) is 15.0. The lowest BCUT2D eigenvalue weighted by Crippen LogP contribution is -1.95. The number of pyridine rings is 1. The molecule has 28 heavy (non-hydrogen) atoms. The number of ether oxygens (including phenoxy) is 2. The Balaban J connectivity index is 1.98. The molecule has 140 valence electrons. The van der Waals surface area contributed by atoms with E-state index in [1.54, 1.807) is 32.5 Å². The number of phenolic OH excluding ortho intramolecular Hbond substituents is 1. The third kappa shape index (κ3) is 2.11. The van der Waals surface area contributed by atoms with Gasteiger partial charge in [-0.2, -0.15) is 0 Å². The number of H-pyrrole nitrogens is 2. The van der Waals surface area contributed by atoms with E-state index in [0.717, 1.165) is 16.5 Å². The summed E-state index contributed by atoms with van der Waals surface area (Å²) in [6.45, 7) is 0. The summed E-state index contributed by atoms with van der Waals surface area (Å²) < 4.78 is 16.8. The maximum absolute atomic E-state index is 11.8. The zero-order chi connectivity index (χ0) is 19.4. The summed E-state index contributed by atoms with van der Waals surface area (Å²) in [7, 11) is 3.16. The minimum absolute atomic E-state index is 0.111. The van der Waals surface area contributed by atoms with Crippen LogP contribution in [-0.4, -0.2) is 34.5 Å². The van der Waals surface area contributed by atoms with Gasteiger partial charge in [0.05, 0.1) is 19.6 Å². The van der Waals surface area contributed by atoms with Crippen molar-refractivity contribution < 1.29 is 19.0 Å². The molecule has 0 aliphatic heterocycles. The van der Waals surface area contributed by atoms with Gasteiger partial charge in [-0.15, -0.1) is 0 Å². The van der Waals surface area contributed by atoms with Crippen molar-refractivity contribution in [3.63, 3.8) is 0 Å². The van der Waals surface area contributed by atoms with Crippen LogP contribution in [0.15, 0.2) is 45.7 Å². The molecule has 8 nitrogen and oxygen atoms in total. The van der Waals surface area contributed by atoms with E-state index in [0.29, 0.717) is 33.6 Å². The fourth-order valence-corrected chi connectivity index (χ4v) is 3.49. The first-order valence-corrected chi connectivity index (χ1v) is 8.48. The fraction of sp³-hybridized carbons (Fsp3) is 0.100. The molecule has 0 atom stereocenters. The molecule has 5 rings (SSSR count). The Labute approximate surface area is 157 Å². The number of aromatic amines is 2. The maximum Gasteiger partial charge on any atom is 0.224 e. The molecule has 3 heterocycles. The highest BCUT2D eigenvalue weighted by atomic mass is 16.5. The van der Waals surface area contributed by atoms with Gasteiger partial charge in [-0.3, -0.25) is 9.89 Å². The molecule has 5 aromatic rings. The van der Waals surface area contributed by atoms with Gasteiger partial charge in [-0.05, 0) is 24.3 Å². The summed E-state index contributed by atoms with van der Waals surface area (Å²) in [5.41, 5.74) is 2.67. The standard InChI is InChI=1S/C20H15N3O5/c1-26-9-3-4-10(14(7-9)27-2)15-12-8-21-23-20(12)22-16-11-5-6-13(24)17(25)18(11)28-19(15)16/h3-8,25H,1-2H3,(H2,21,22,23). The second-order valence-electron chi connectivity index (χ2n) is 6.30. The third-order valence-corrected chi connectivity index (χ3v) is 4.83. The number of nitrogens with zero attached hydrogens (tertiary/aromatic N) is 1. The Hall–Kier alpha value is -3.94. The summed E-state index contributed by atoms with van der Waals surface area (Å²) in [4.78, 5) is 16.5. The highest BCUT2D eigenvalue weighted by Crippen LogP contribution is 2.43. The van der Waals surface area contributed by atoms with Gasteiger partial charge in [0.25, 0.3) is 0 Å². The molecular formula is C20H15N3O5. The van der Waals surface area contributed by atoms with Crippen LogP contribution in [0.1, 0.15) is 0 Å². The molecule has 0 unspecified atom stereocenters. The lowest BCUT2D eigenvalue weighted by atomic mass is 10.0. The van der Waals surface area contributed by atoms with Gasteiger partial charge in [0.1, 0.15) is 17.0 Å². The number of aromatic hydroxyl groups is 1. The van der Waals surface area contributed by atoms with Crippen molar-refractivity contribution in [3.8, 4) is 28.4 Å². The smallest absolute Gasteiger partial charge is 0.224 e. The largest absolute Gasteiger partial charge is 0.502 e. The van der Waals surface area contributed by atoms with Crippen molar-refractivity contribution in [2.24, 2.45) is 0 Å². The van der Waals surface area contributed by atoms with Crippen LogP contribution < -0.4 is 14.9 Å². The first-order valence-electron chi connectivity index (χ1n) is 8.48. The van der Waals surface area contributed by atoms with Crippen molar-refractivity contribution in [3.05, 3.63) is 46.8 Å².